The molecule has 6 aromatic heterocycles. The number of aromatic nitrogens is 8. The van der Waals surface area contributed by atoms with Gasteiger partial charge in [-0.25, -0.2) is 9.97 Å². The van der Waals surface area contributed by atoms with Gasteiger partial charge in [0.05, 0.1) is 77.6 Å². The van der Waals surface area contributed by atoms with Gasteiger partial charge in [0.25, 0.3) is 0 Å². The topological polar surface area (TPSA) is 78.1 Å². The lowest BCUT2D eigenvalue weighted by Gasteiger charge is -2.24. The zero-order valence-corrected chi connectivity index (χ0v) is 62.0. The highest BCUT2D eigenvalue weighted by atomic mass is 15.2. The molecular formula is C97H81N9. The van der Waals surface area contributed by atoms with Crippen molar-refractivity contribution >= 4 is 99.3 Å². The summed E-state index contributed by atoms with van der Waals surface area (Å²) in [6.07, 6.45) is 0. The van der Waals surface area contributed by atoms with Crippen molar-refractivity contribution in [2.45, 2.75) is 105 Å². The Labute approximate surface area is 616 Å². The highest BCUT2D eigenvalue weighted by molar-refractivity contribution is 6.14. The molecule has 19 aromatic rings. The van der Waals surface area contributed by atoms with Crippen molar-refractivity contribution in [3.8, 4) is 73.3 Å². The number of nitrogens with zero attached hydrogens (tertiary/aromatic N) is 9. The number of fused-ring (bicyclic) bond motifs is 16. The Hall–Kier alpha value is -12.5. The molecule has 0 aliphatic rings. The van der Waals surface area contributed by atoms with Gasteiger partial charge in [0, 0.05) is 44.0 Å². The number of nitriles is 1. The molecule has 0 saturated heterocycles. The van der Waals surface area contributed by atoms with Crippen LogP contribution in [0.15, 0.2) is 273 Å². The van der Waals surface area contributed by atoms with Crippen LogP contribution >= 0.6 is 0 Å². The quantitative estimate of drug-likeness (QED) is 0.152. The second kappa shape index (κ2) is 23.2. The van der Waals surface area contributed by atoms with E-state index >= 15 is 0 Å². The fraction of sp³-hybridized carbons (Fsp3) is 0.165. The maximum absolute atomic E-state index is 13.3. The maximum Gasteiger partial charge on any atom is 0.220 e. The molecular weight excluding hydrogens is 1290 g/mol. The molecule has 0 radical (unpaired) electrons. The number of hydrogen-bond donors (Lipinski definition) is 0. The van der Waals surface area contributed by atoms with E-state index in [1.54, 1.807) is 0 Å². The molecule has 19 rings (SSSR count). The van der Waals surface area contributed by atoms with E-state index in [2.05, 4.69) is 389 Å². The lowest BCUT2D eigenvalue weighted by Crippen LogP contribution is -2.11. The maximum atomic E-state index is 13.3. The van der Waals surface area contributed by atoms with Crippen molar-refractivity contribution in [1.29, 1.82) is 5.26 Å². The van der Waals surface area contributed by atoms with E-state index in [9.17, 15) is 5.26 Å². The van der Waals surface area contributed by atoms with E-state index in [0.29, 0.717) is 5.56 Å². The van der Waals surface area contributed by atoms with Crippen molar-refractivity contribution in [2.75, 3.05) is 0 Å². The summed E-state index contributed by atoms with van der Waals surface area (Å²) >= 11 is 0. The van der Waals surface area contributed by atoms with E-state index < -0.39 is 0 Å². The summed E-state index contributed by atoms with van der Waals surface area (Å²) in [5.74, 6) is 1.61. The predicted molar refractivity (Wildman–Crippen MR) is 443 cm³/mol. The van der Waals surface area contributed by atoms with E-state index in [-0.39, 0.29) is 21.7 Å². The highest BCUT2D eigenvalue weighted by Crippen LogP contribution is 2.50. The van der Waals surface area contributed by atoms with Crippen LogP contribution in [0.4, 0.5) is 0 Å². The molecule has 514 valence electrons. The third kappa shape index (κ3) is 10.0. The summed E-state index contributed by atoms with van der Waals surface area (Å²) in [5, 5.41) is 17.9. The first-order chi connectivity index (χ1) is 51.0. The minimum atomic E-state index is -0.156. The molecule has 0 N–H and O–H groups in total. The predicted octanol–water partition coefficient (Wildman–Crippen LogP) is 25.1. The molecule has 0 amide bonds. The Balaban J connectivity index is 1.01. The monoisotopic (exact) mass is 1370 g/mol. The first-order valence-corrected chi connectivity index (χ1v) is 37.0. The lowest BCUT2D eigenvalue weighted by molar-refractivity contribution is 0.590. The molecule has 0 unspecified atom stereocenters. The standard InChI is InChI=1S/C97H81N9/c1-94(2,3)65-37-45-80-73(53-65)74-54-66(95(4,5)6)38-46-81(74)103(80)90-71(63-35-43-84-88(51-63)105-86-49-61(59-25-17-13-18-26-59)33-41-78(86)99-92(105)101(84)69-29-21-15-22-30-69)57-72(91(77(90)58-98)104-82-47-39-67(96(7,8)9)55-75(82)76-56-68(97(10,11)12)40-48-83(76)104)64-36-44-85-89(52-64)106-87-50-62(60-27-19-14-20-28-60)34-42-79(87)100-93(106)102(85)70-31-23-16-24-32-70/h13-57H,1-12H3. The van der Waals surface area contributed by atoms with Gasteiger partial charge in [-0.05, 0) is 205 Å². The Bertz CT molecular complexity index is 6340. The fourth-order valence-electron chi connectivity index (χ4n) is 16.6. The molecule has 0 atom stereocenters. The molecule has 13 aromatic carbocycles. The van der Waals surface area contributed by atoms with E-state index in [1.807, 2.05) is 0 Å². The van der Waals surface area contributed by atoms with Crippen LogP contribution in [-0.2, 0) is 21.7 Å². The Kier molecular flexibility index (Phi) is 14.1. The average Bonchev–Trinajstić information content (AvgIpc) is 1.53. The first-order valence-electron chi connectivity index (χ1n) is 37.0. The van der Waals surface area contributed by atoms with Gasteiger partial charge in [0.1, 0.15) is 11.6 Å². The zero-order chi connectivity index (χ0) is 72.6. The van der Waals surface area contributed by atoms with Crippen LogP contribution in [0.5, 0.6) is 0 Å². The number of benzene rings is 13. The first kappa shape index (κ1) is 64.3. The van der Waals surface area contributed by atoms with Crippen LogP contribution in [-0.4, -0.2) is 37.0 Å². The molecule has 9 nitrogen and oxygen atoms in total. The van der Waals surface area contributed by atoms with Gasteiger partial charge in [-0.2, -0.15) is 5.26 Å². The third-order valence-electron chi connectivity index (χ3n) is 22.3. The summed E-state index contributed by atoms with van der Waals surface area (Å²) in [6.45, 7) is 27.6. The van der Waals surface area contributed by atoms with Gasteiger partial charge in [-0.1, -0.05) is 229 Å². The lowest BCUT2D eigenvalue weighted by atomic mass is 9.85. The van der Waals surface area contributed by atoms with Crippen LogP contribution in [0.3, 0.4) is 0 Å². The Morgan fingerprint density at radius 2 is 0.566 bits per heavy atom. The summed E-state index contributed by atoms with van der Waals surface area (Å²) in [4.78, 5) is 11.0. The molecule has 9 heteroatoms. The van der Waals surface area contributed by atoms with E-state index in [0.717, 1.165) is 167 Å². The van der Waals surface area contributed by atoms with Gasteiger partial charge in [-0.15, -0.1) is 0 Å². The SMILES string of the molecule is CC(C)(C)c1ccc2c(c1)c1cc(C(C)(C)C)ccc1n2-c1c(-c2ccc3c(c2)n2c4cc(-c5ccccc5)ccc4nc2n3-c2ccccc2)cc(-c2ccc3c(c2)n2c4cc(-c5ccccc5)ccc4nc2n3-c2ccccc2)c(-n2c3ccc(C(C)(C)C)cc3c3cc(C(C)(C)C)ccc32)c1C#N. The molecule has 0 saturated carbocycles. The van der Waals surface area contributed by atoms with Gasteiger partial charge in [0.2, 0.25) is 11.6 Å². The Morgan fingerprint density at radius 1 is 0.264 bits per heavy atom. The van der Waals surface area contributed by atoms with E-state index in [4.69, 9.17) is 9.97 Å². The normalized spacial score (nSPS) is 12.7. The van der Waals surface area contributed by atoms with Crippen molar-refractivity contribution in [3.63, 3.8) is 0 Å². The summed E-state index contributed by atoms with van der Waals surface area (Å²) < 4.78 is 14.2. The molecule has 0 bridgehead atoms. The third-order valence-corrected chi connectivity index (χ3v) is 22.3. The second-order valence-electron chi connectivity index (χ2n) is 33.1. The number of para-hydroxylation sites is 2. The molecule has 0 fully saturated rings. The van der Waals surface area contributed by atoms with Crippen LogP contribution in [0, 0.1) is 11.3 Å². The fourth-order valence-corrected chi connectivity index (χ4v) is 16.6. The van der Waals surface area contributed by atoms with Crippen LogP contribution in [0.25, 0.3) is 167 Å². The highest BCUT2D eigenvalue weighted by Gasteiger charge is 2.32. The molecule has 0 aliphatic carbocycles. The molecule has 6 heterocycles. The van der Waals surface area contributed by atoms with Crippen LogP contribution < -0.4 is 0 Å². The zero-order valence-electron chi connectivity index (χ0n) is 62.0. The van der Waals surface area contributed by atoms with Crippen molar-refractivity contribution in [3.05, 3.63) is 301 Å². The second-order valence-corrected chi connectivity index (χ2v) is 33.1. The summed E-state index contributed by atoms with van der Waals surface area (Å²) in [6, 6.07) is 103. The minimum Gasteiger partial charge on any atom is -0.307 e. The number of hydrogen-bond acceptors (Lipinski definition) is 3. The molecule has 0 spiro atoms. The smallest absolute Gasteiger partial charge is 0.220 e. The largest absolute Gasteiger partial charge is 0.307 e. The summed E-state index contributed by atoms with van der Waals surface area (Å²) in [7, 11) is 0. The van der Waals surface area contributed by atoms with E-state index in [1.165, 1.54) is 22.3 Å². The average molecular weight is 1370 g/mol. The Morgan fingerprint density at radius 3 is 0.887 bits per heavy atom. The van der Waals surface area contributed by atoms with Gasteiger partial charge < -0.3 is 9.13 Å². The number of imidazole rings is 4. The number of rotatable bonds is 8. The van der Waals surface area contributed by atoms with Crippen molar-refractivity contribution < 1.29 is 0 Å². The minimum absolute atomic E-state index is 0.156. The molecule has 0 aliphatic heterocycles. The van der Waals surface area contributed by atoms with Crippen molar-refractivity contribution in [1.82, 2.24) is 37.0 Å². The van der Waals surface area contributed by atoms with Crippen LogP contribution in [0.1, 0.15) is 111 Å². The van der Waals surface area contributed by atoms with Crippen LogP contribution in [0.2, 0.25) is 0 Å². The van der Waals surface area contributed by atoms with Gasteiger partial charge in [-0.3, -0.25) is 17.9 Å². The van der Waals surface area contributed by atoms with Gasteiger partial charge in [0.15, 0.2) is 0 Å². The van der Waals surface area contributed by atoms with Crippen molar-refractivity contribution in [2.24, 2.45) is 0 Å². The summed E-state index contributed by atoms with van der Waals surface area (Å²) in [5.41, 5.74) is 28.3. The van der Waals surface area contributed by atoms with Gasteiger partial charge >= 0.3 is 0 Å². The molecule has 106 heavy (non-hydrogen) atoms.